The zero-order chi connectivity index (χ0) is 29.4. The van der Waals surface area contributed by atoms with E-state index < -0.39 is 17.1 Å². The Morgan fingerprint density at radius 1 is 1.35 bits per heavy atom. The molecule has 1 atom stereocenters. The molecule has 2 aromatic rings. The van der Waals surface area contributed by atoms with Crippen LogP contribution in [0.1, 0.15) is 45.7 Å². The minimum absolute atomic E-state index is 0.0454. The Labute approximate surface area is 233 Å². The molecule has 0 saturated carbocycles. The average Bonchev–Trinajstić information content (AvgIpc) is 3.19. The standard InChI is InChI=1S/C28H34N8O4/c1-17-13-34(7)23(38)14-36(17)33-18(2)31-25-30-9-8-22(32-25)19-10-20(12-29)24-21(11-19)28(6,16-37)15-35(24)26(39)40-27(3,4)5/h8-11,37H,1,13-16H2,2-7H3,(H,30,31,32,33). The molecule has 3 heterocycles. The first-order valence-corrected chi connectivity index (χ1v) is 12.8. The second kappa shape index (κ2) is 10.6. The molecular weight excluding hydrogens is 512 g/mol. The van der Waals surface area contributed by atoms with Gasteiger partial charge in [0.2, 0.25) is 5.91 Å². The van der Waals surface area contributed by atoms with E-state index in [0.717, 1.165) is 5.70 Å². The predicted octanol–water partition coefficient (Wildman–Crippen LogP) is 2.86. The Bertz CT molecular complexity index is 1440. The van der Waals surface area contributed by atoms with Gasteiger partial charge in [-0.15, -0.1) is 0 Å². The SMILES string of the molecule is C=C1CN(C)C(=O)CN1NC(C)=Nc1nccc(-c2cc(C#N)c3c(c2)C(C)(CO)CN3C(=O)OC(C)(C)C)n1. The van der Waals surface area contributed by atoms with Gasteiger partial charge in [0, 0.05) is 36.5 Å². The van der Waals surface area contributed by atoms with Gasteiger partial charge in [0.05, 0.1) is 30.1 Å². The van der Waals surface area contributed by atoms with Crippen LogP contribution in [0, 0.1) is 11.3 Å². The highest BCUT2D eigenvalue weighted by Crippen LogP contribution is 2.45. The minimum Gasteiger partial charge on any atom is -0.443 e. The van der Waals surface area contributed by atoms with Crippen molar-refractivity contribution in [3.05, 3.63) is 47.8 Å². The van der Waals surface area contributed by atoms with E-state index in [0.29, 0.717) is 34.9 Å². The maximum atomic E-state index is 13.0. The van der Waals surface area contributed by atoms with Crippen LogP contribution in [0.15, 0.2) is 41.7 Å². The third kappa shape index (κ3) is 5.74. The number of anilines is 1. The third-order valence-corrected chi connectivity index (χ3v) is 6.64. The molecule has 2 N–H and O–H groups in total. The number of aliphatic hydroxyl groups is 1. The number of fused-ring (bicyclic) bond motifs is 1. The van der Waals surface area contributed by atoms with Gasteiger partial charge in [0.15, 0.2) is 0 Å². The number of rotatable bonds is 4. The molecule has 12 heteroatoms. The van der Waals surface area contributed by atoms with Gasteiger partial charge < -0.3 is 14.7 Å². The smallest absolute Gasteiger partial charge is 0.414 e. The fourth-order valence-electron chi connectivity index (χ4n) is 4.61. The van der Waals surface area contributed by atoms with Gasteiger partial charge in [-0.25, -0.2) is 14.8 Å². The molecule has 0 aliphatic carbocycles. The van der Waals surface area contributed by atoms with Crippen molar-refractivity contribution < 1.29 is 19.4 Å². The quantitative estimate of drug-likeness (QED) is 0.436. The number of hydrogen-bond acceptors (Lipinski definition) is 9. The predicted molar refractivity (Wildman–Crippen MR) is 150 cm³/mol. The van der Waals surface area contributed by atoms with Gasteiger partial charge in [0.1, 0.15) is 24.1 Å². The summed E-state index contributed by atoms with van der Waals surface area (Å²) in [4.78, 5) is 41.4. The number of benzene rings is 1. The lowest BCUT2D eigenvalue weighted by Crippen LogP contribution is -2.53. The van der Waals surface area contributed by atoms with Gasteiger partial charge in [-0.05, 0) is 51.5 Å². The summed E-state index contributed by atoms with van der Waals surface area (Å²) in [5.74, 6) is 0.590. The van der Waals surface area contributed by atoms with Crippen molar-refractivity contribution in [3.63, 3.8) is 0 Å². The maximum Gasteiger partial charge on any atom is 0.414 e. The highest BCUT2D eigenvalue weighted by molar-refractivity contribution is 5.95. The third-order valence-electron chi connectivity index (χ3n) is 6.64. The molecule has 0 spiro atoms. The minimum atomic E-state index is -0.815. The van der Waals surface area contributed by atoms with Crippen LogP contribution in [0.2, 0.25) is 0 Å². The number of ether oxygens (including phenoxy) is 1. The molecule has 0 radical (unpaired) electrons. The lowest BCUT2D eigenvalue weighted by molar-refractivity contribution is -0.133. The van der Waals surface area contributed by atoms with E-state index in [4.69, 9.17) is 4.74 Å². The molecule has 1 aromatic heterocycles. The molecule has 1 fully saturated rings. The Morgan fingerprint density at radius 3 is 2.73 bits per heavy atom. The second-order valence-corrected chi connectivity index (χ2v) is 11.3. The van der Waals surface area contributed by atoms with Crippen LogP contribution in [0.25, 0.3) is 11.3 Å². The number of amidine groups is 1. The largest absolute Gasteiger partial charge is 0.443 e. The van der Waals surface area contributed by atoms with Crippen LogP contribution in [0.4, 0.5) is 16.4 Å². The number of amides is 2. The highest BCUT2D eigenvalue weighted by Gasteiger charge is 2.44. The van der Waals surface area contributed by atoms with Crippen molar-refractivity contribution in [3.8, 4) is 17.3 Å². The van der Waals surface area contributed by atoms with Gasteiger partial charge in [-0.2, -0.15) is 10.3 Å². The van der Waals surface area contributed by atoms with Crippen molar-refractivity contribution in [1.82, 2.24) is 25.3 Å². The molecule has 2 aliphatic rings. The first-order chi connectivity index (χ1) is 18.7. The topological polar surface area (TPSA) is 147 Å². The van der Waals surface area contributed by atoms with Crippen LogP contribution in [-0.2, 0) is 14.9 Å². The number of carbonyl (C=O) groups is 2. The summed E-state index contributed by atoms with van der Waals surface area (Å²) in [5, 5.41) is 22.0. The van der Waals surface area contributed by atoms with Crippen molar-refractivity contribution in [1.29, 1.82) is 5.26 Å². The molecule has 1 unspecified atom stereocenters. The molecule has 1 aromatic carbocycles. The van der Waals surface area contributed by atoms with Crippen molar-refractivity contribution in [2.24, 2.45) is 4.99 Å². The van der Waals surface area contributed by atoms with E-state index in [9.17, 15) is 20.0 Å². The Morgan fingerprint density at radius 2 is 2.08 bits per heavy atom. The summed E-state index contributed by atoms with van der Waals surface area (Å²) in [6, 6.07) is 7.37. The average molecular weight is 547 g/mol. The summed E-state index contributed by atoms with van der Waals surface area (Å²) in [7, 11) is 1.72. The summed E-state index contributed by atoms with van der Waals surface area (Å²) in [5.41, 5.74) is 4.71. The van der Waals surface area contributed by atoms with E-state index >= 15 is 0 Å². The van der Waals surface area contributed by atoms with Gasteiger partial charge in [-0.1, -0.05) is 13.5 Å². The molecule has 1 saturated heterocycles. The number of hydrazine groups is 1. The maximum absolute atomic E-state index is 13.0. The second-order valence-electron chi connectivity index (χ2n) is 11.3. The molecule has 0 bridgehead atoms. The van der Waals surface area contributed by atoms with Crippen LogP contribution < -0.4 is 10.3 Å². The fraction of sp³-hybridized carbons (Fsp3) is 0.429. The van der Waals surface area contributed by atoms with E-state index in [2.05, 4.69) is 33.0 Å². The lowest BCUT2D eigenvalue weighted by atomic mass is 9.83. The van der Waals surface area contributed by atoms with E-state index in [1.165, 1.54) is 4.90 Å². The summed E-state index contributed by atoms with van der Waals surface area (Å²) in [6.07, 6.45) is 0.978. The molecule has 4 rings (SSSR count). The number of hydrogen-bond donors (Lipinski definition) is 2. The van der Waals surface area contributed by atoms with Crippen LogP contribution in [0.3, 0.4) is 0 Å². The number of nitrogens with zero attached hydrogens (tertiary/aromatic N) is 7. The number of aliphatic hydroxyl groups excluding tert-OH is 1. The number of aliphatic imine (C=N–C) groups is 1. The van der Waals surface area contributed by atoms with Crippen molar-refractivity contribution in [2.45, 2.75) is 45.6 Å². The van der Waals surface area contributed by atoms with Crippen LogP contribution in [0.5, 0.6) is 0 Å². The number of aromatic nitrogens is 2. The molecule has 12 nitrogen and oxygen atoms in total. The number of nitrogens with one attached hydrogen (secondary N) is 1. The number of piperazine rings is 1. The summed E-state index contributed by atoms with van der Waals surface area (Å²) < 4.78 is 5.58. The molecule has 2 aliphatic heterocycles. The van der Waals surface area contributed by atoms with E-state index in [1.807, 2.05) is 13.0 Å². The monoisotopic (exact) mass is 546 g/mol. The molecular formula is C28H34N8O4. The Kier molecular flexibility index (Phi) is 7.54. The lowest BCUT2D eigenvalue weighted by Gasteiger charge is -2.35. The van der Waals surface area contributed by atoms with E-state index in [-0.39, 0.29) is 37.1 Å². The fourth-order valence-corrected chi connectivity index (χ4v) is 4.61. The van der Waals surface area contributed by atoms with Gasteiger partial charge in [-0.3, -0.25) is 20.1 Å². The zero-order valence-corrected chi connectivity index (χ0v) is 23.6. The Balaban J connectivity index is 1.67. The van der Waals surface area contributed by atoms with Crippen molar-refractivity contribution in [2.75, 3.05) is 38.2 Å². The van der Waals surface area contributed by atoms with Crippen LogP contribution >= 0.6 is 0 Å². The van der Waals surface area contributed by atoms with Crippen LogP contribution in [-0.4, -0.2) is 81.7 Å². The first kappa shape index (κ1) is 28.5. The van der Waals surface area contributed by atoms with Gasteiger partial charge >= 0.3 is 6.09 Å². The molecule has 40 heavy (non-hydrogen) atoms. The normalized spacial score (nSPS) is 19.4. The van der Waals surface area contributed by atoms with E-state index in [1.54, 1.807) is 63.0 Å². The van der Waals surface area contributed by atoms with Gasteiger partial charge in [0.25, 0.3) is 5.95 Å². The molecule has 210 valence electrons. The zero-order valence-electron chi connectivity index (χ0n) is 23.6. The highest BCUT2D eigenvalue weighted by atomic mass is 16.6. The number of carbonyl (C=O) groups excluding carboxylic acids is 2. The summed E-state index contributed by atoms with van der Waals surface area (Å²) in [6.45, 7) is 13.3. The molecule has 2 amide bonds. The Hall–Kier alpha value is -4.50. The number of nitriles is 1. The first-order valence-electron chi connectivity index (χ1n) is 12.8. The van der Waals surface area contributed by atoms with Crippen molar-refractivity contribution >= 4 is 29.5 Å². The number of likely N-dealkylation sites (N-methyl/N-ethyl adjacent to an activating group) is 1. The summed E-state index contributed by atoms with van der Waals surface area (Å²) >= 11 is 0.